The number of aliphatic imine (C=N–C) groups is 1. The lowest BCUT2D eigenvalue weighted by atomic mass is 9.70. The van der Waals surface area contributed by atoms with E-state index in [9.17, 15) is 21.6 Å². The van der Waals surface area contributed by atoms with Crippen LogP contribution in [0.4, 0.5) is 13.2 Å². The highest BCUT2D eigenvalue weighted by atomic mass is 32.2. The Kier molecular flexibility index (Phi) is 8.15. The van der Waals surface area contributed by atoms with Crippen LogP contribution >= 0.6 is 0 Å². The fraction of sp³-hybridized carbons (Fsp3) is 0.542. The molecular formula is C24H33F3N2O2S. The molecule has 178 valence electrons. The third-order valence-electron chi connectivity index (χ3n) is 6.28. The lowest BCUT2D eigenvalue weighted by molar-refractivity contribution is -0.0895. The zero-order valence-corrected chi connectivity index (χ0v) is 20.1. The van der Waals surface area contributed by atoms with E-state index in [0.29, 0.717) is 24.8 Å². The van der Waals surface area contributed by atoms with Gasteiger partial charge in [-0.15, -0.1) is 6.58 Å². The van der Waals surface area contributed by atoms with Gasteiger partial charge in [0.2, 0.25) is 0 Å². The molecule has 1 aliphatic heterocycles. The number of allylic oxidation sites excluding steroid dienone is 5. The van der Waals surface area contributed by atoms with Crippen LogP contribution in [0, 0.1) is 5.41 Å². The first-order chi connectivity index (χ1) is 14.7. The summed E-state index contributed by atoms with van der Waals surface area (Å²) in [4.78, 5) is 4.18. The van der Waals surface area contributed by atoms with E-state index >= 15 is 0 Å². The van der Waals surface area contributed by atoms with E-state index in [1.54, 1.807) is 19.1 Å². The Bertz CT molecular complexity index is 974. The molecule has 0 aromatic rings. The smallest absolute Gasteiger partial charge is 0.269 e. The third-order valence-corrected chi connectivity index (χ3v) is 8.17. The number of hydrogen-bond acceptors (Lipinski definition) is 3. The monoisotopic (exact) mass is 470 g/mol. The zero-order valence-electron chi connectivity index (χ0n) is 19.2. The van der Waals surface area contributed by atoms with E-state index in [4.69, 9.17) is 0 Å². The van der Waals surface area contributed by atoms with Crippen LogP contribution in [0.2, 0.25) is 0 Å². The van der Waals surface area contributed by atoms with E-state index in [1.165, 1.54) is 13.1 Å². The third kappa shape index (κ3) is 5.70. The Morgan fingerprint density at radius 1 is 1.44 bits per heavy atom. The van der Waals surface area contributed by atoms with Gasteiger partial charge in [0.05, 0.1) is 11.6 Å². The fourth-order valence-electron chi connectivity index (χ4n) is 3.97. The summed E-state index contributed by atoms with van der Waals surface area (Å²) in [7, 11) is -2.54. The van der Waals surface area contributed by atoms with E-state index in [-0.39, 0.29) is 23.1 Å². The zero-order chi connectivity index (χ0) is 24.3. The lowest BCUT2D eigenvalue weighted by Gasteiger charge is -2.35. The average Bonchev–Trinajstić information content (AvgIpc) is 2.72. The normalized spacial score (nSPS) is 25.9. The number of nitrogens with zero attached hydrogens (tertiary/aromatic N) is 2. The first-order valence-corrected chi connectivity index (χ1v) is 12.2. The molecule has 2 aliphatic rings. The molecule has 8 heteroatoms. The Morgan fingerprint density at radius 2 is 2.09 bits per heavy atom. The van der Waals surface area contributed by atoms with Gasteiger partial charge in [0.15, 0.2) is 5.04 Å². The average molecular weight is 471 g/mol. The number of halogens is 3. The molecule has 0 saturated carbocycles. The van der Waals surface area contributed by atoms with Gasteiger partial charge in [0.25, 0.3) is 10.0 Å². The molecule has 0 fully saturated rings. The van der Waals surface area contributed by atoms with Crippen molar-refractivity contribution in [2.75, 3.05) is 7.05 Å². The molecule has 4 nitrogen and oxygen atoms in total. The maximum absolute atomic E-state index is 14.0. The molecule has 0 spiro atoms. The molecule has 0 saturated heterocycles. The van der Waals surface area contributed by atoms with E-state index < -0.39 is 33.2 Å². The Hall–Kier alpha value is -1.93. The fourth-order valence-corrected chi connectivity index (χ4v) is 5.41. The number of rotatable bonds is 7. The van der Waals surface area contributed by atoms with Crippen molar-refractivity contribution in [1.82, 2.24) is 4.31 Å². The predicted octanol–water partition coefficient (Wildman–Crippen LogP) is 6.12. The van der Waals surface area contributed by atoms with Gasteiger partial charge in [-0.3, -0.25) is 4.99 Å². The minimum absolute atomic E-state index is 0.0656. The first kappa shape index (κ1) is 26.3. The summed E-state index contributed by atoms with van der Waals surface area (Å²) < 4.78 is 68.7. The summed E-state index contributed by atoms with van der Waals surface area (Å²) in [6.07, 6.45) is 5.92. The lowest BCUT2D eigenvalue weighted by Crippen LogP contribution is -2.39. The van der Waals surface area contributed by atoms with Crippen LogP contribution < -0.4 is 0 Å². The second-order valence-electron chi connectivity index (χ2n) is 8.79. The highest BCUT2D eigenvalue weighted by Gasteiger charge is 2.40. The highest BCUT2D eigenvalue weighted by molar-refractivity contribution is 8.04. The molecule has 1 heterocycles. The van der Waals surface area contributed by atoms with Crippen molar-refractivity contribution in [2.45, 2.75) is 71.1 Å². The van der Waals surface area contributed by atoms with E-state index in [1.807, 2.05) is 19.9 Å². The highest BCUT2D eigenvalue weighted by Crippen LogP contribution is 2.46. The number of dihydropyridines is 1. The molecule has 2 rings (SSSR count). The van der Waals surface area contributed by atoms with Crippen LogP contribution in [0.3, 0.4) is 0 Å². The van der Waals surface area contributed by atoms with Crippen molar-refractivity contribution in [2.24, 2.45) is 10.4 Å². The Morgan fingerprint density at radius 3 is 2.66 bits per heavy atom. The predicted molar refractivity (Wildman–Crippen MR) is 125 cm³/mol. The Labute approximate surface area is 190 Å². The summed E-state index contributed by atoms with van der Waals surface area (Å²) >= 11 is 0. The quantitative estimate of drug-likeness (QED) is 0.332. The van der Waals surface area contributed by atoms with Gasteiger partial charge in [0.1, 0.15) is 0 Å². The minimum Gasteiger partial charge on any atom is -0.269 e. The van der Waals surface area contributed by atoms with Gasteiger partial charge in [-0.05, 0) is 63.2 Å². The van der Waals surface area contributed by atoms with Crippen LogP contribution in [0.1, 0.15) is 52.9 Å². The number of alkyl halides is 3. The molecule has 0 amide bonds. The van der Waals surface area contributed by atoms with Gasteiger partial charge < -0.3 is 0 Å². The molecule has 0 N–H and O–H groups in total. The maximum atomic E-state index is 14.0. The molecule has 0 aromatic heterocycles. The van der Waals surface area contributed by atoms with Crippen molar-refractivity contribution >= 4 is 15.1 Å². The van der Waals surface area contributed by atoms with Crippen molar-refractivity contribution in [3.63, 3.8) is 0 Å². The molecular weight excluding hydrogens is 437 g/mol. The van der Waals surface area contributed by atoms with Crippen molar-refractivity contribution < 1.29 is 21.6 Å². The number of hydrogen-bond donors (Lipinski definition) is 0. The molecule has 0 bridgehead atoms. The summed E-state index contributed by atoms with van der Waals surface area (Å²) in [6.45, 7) is 12.8. The van der Waals surface area contributed by atoms with E-state index in [0.717, 1.165) is 16.8 Å². The van der Waals surface area contributed by atoms with Crippen LogP contribution in [-0.2, 0) is 10.0 Å². The van der Waals surface area contributed by atoms with Crippen molar-refractivity contribution in [3.05, 3.63) is 60.3 Å². The molecule has 3 unspecified atom stereocenters. The van der Waals surface area contributed by atoms with Crippen LogP contribution in [0.5, 0.6) is 0 Å². The standard InChI is InChI=1S/C24H33F3N2O2S/c1-7-23(5)16-9-8-12-20(23)19(4)21(24(25,26)27)15-14-18(3)29(6)32(30,31)22-13-10-11-17(2)28-22/h7,10,12-13,15,17-18H,1,4,8-9,11,14,16H2,2-3,5-6H3/b21-15+. The molecule has 32 heavy (non-hydrogen) atoms. The summed E-state index contributed by atoms with van der Waals surface area (Å²) in [5, 5.41) is -0.0656. The molecule has 3 atom stereocenters. The van der Waals surface area contributed by atoms with Gasteiger partial charge in [-0.25, -0.2) is 8.42 Å². The molecule has 1 aliphatic carbocycles. The van der Waals surface area contributed by atoms with Crippen molar-refractivity contribution in [3.8, 4) is 0 Å². The van der Waals surface area contributed by atoms with Gasteiger partial charge >= 0.3 is 6.18 Å². The molecule has 0 aromatic carbocycles. The van der Waals surface area contributed by atoms with Crippen molar-refractivity contribution in [1.29, 1.82) is 0 Å². The summed E-state index contributed by atoms with van der Waals surface area (Å²) in [6, 6.07) is -0.860. The van der Waals surface area contributed by atoms with Crippen LogP contribution in [0.25, 0.3) is 0 Å². The van der Waals surface area contributed by atoms with Gasteiger partial charge in [-0.2, -0.15) is 17.5 Å². The topological polar surface area (TPSA) is 49.7 Å². The minimum atomic E-state index is -4.61. The summed E-state index contributed by atoms with van der Waals surface area (Å²) in [5.74, 6) is 0. The second-order valence-corrected chi connectivity index (χ2v) is 10.7. The van der Waals surface area contributed by atoms with Crippen LogP contribution in [0.15, 0.2) is 65.2 Å². The SMILES string of the molecule is C=CC1(C)CCCC=C1C(=C)/C(=C\CC(C)N(C)S(=O)(=O)C1=NC(C)CC=C1)C(F)(F)F. The summed E-state index contributed by atoms with van der Waals surface area (Å²) in [5.41, 5.74) is -0.953. The van der Waals surface area contributed by atoms with Gasteiger partial charge in [0, 0.05) is 18.5 Å². The largest absolute Gasteiger partial charge is 0.416 e. The van der Waals surface area contributed by atoms with E-state index in [2.05, 4.69) is 18.2 Å². The second kappa shape index (κ2) is 9.91. The number of sulfonamides is 1. The maximum Gasteiger partial charge on any atom is 0.416 e. The first-order valence-electron chi connectivity index (χ1n) is 10.8. The van der Waals surface area contributed by atoms with Crippen LogP contribution in [-0.4, -0.2) is 43.1 Å². The molecule has 0 radical (unpaired) electrons. The Balaban J connectivity index is 2.30. The van der Waals surface area contributed by atoms with Gasteiger partial charge in [-0.1, -0.05) is 37.8 Å².